The highest BCUT2D eigenvalue weighted by molar-refractivity contribution is 6.66. The molecule has 1 N–H and O–H groups in total. The molecule has 0 spiro atoms. The number of rotatable bonds is 1. The summed E-state index contributed by atoms with van der Waals surface area (Å²) >= 11 is 0. The van der Waals surface area contributed by atoms with Gasteiger partial charge in [-0.15, -0.1) is 0 Å². The molecule has 130 valence electrons. The third kappa shape index (κ3) is 2.20. The lowest BCUT2D eigenvalue weighted by Crippen LogP contribution is -2.41. The number of aryl methyl sites for hydroxylation is 1. The van der Waals surface area contributed by atoms with Crippen molar-refractivity contribution in [3.8, 4) is 0 Å². The van der Waals surface area contributed by atoms with Crippen LogP contribution in [0, 0.1) is 20.8 Å². The highest BCUT2D eigenvalue weighted by Gasteiger charge is 2.52. The van der Waals surface area contributed by atoms with Crippen LogP contribution >= 0.6 is 0 Å². The van der Waals surface area contributed by atoms with Crippen molar-refractivity contribution < 1.29 is 9.31 Å². The van der Waals surface area contributed by atoms with Crippen LogP contribution in [0.1, 0.15) is 44.4 Å². The molecule has 3 nitrogen and oxygen atoms in total. The lowest BCUT2D eigenvalue weighted by atomic mass is 9.72. The fourth-order valence-electron chi connectivity index (χ4n) is 3.85. The predicted molar refractivity (Wildman–Crippen MR) is 106 cm³/mol. The predicted octanol–water partition coefficient (Wildman–Crippen LogP) is 4.55. The summed E-state index contributed by atoms with van der Waals surface area (Å²) in [5, 5.41) is 2.54. The standard InChI is InChI=1S/C21H26BNO2/c1-12-13(2)17-15-10-8-9-11-16(15)23-19(17)18(14(12)3)22-24-20(4,5)21(6,7)25-22/h8-11,23H,1-7H3. The first-order valence-electron chi connectivity index (χ1n) is 9.00. The number of para-hydroxylation sites is 1. The summed E-state index contributed by atoms with van der Waals surface area (Å²) in [6, 6.07) is 8.48. The van der Waals surface area contributed by atoms with Crippen LogP contribution in [-0.4, -0.2) is 23.3 Å². The average Bonchev–Trinajstić information content (AvgIpc) is 3.00. The van der Waals surface area contributed by atoms with Crippen LogP contribution in [0.2, 0.25) is 0 Å². The first kappa shape index (κ1) is 16.7. The summed E-state index contributed by atoms with van der Waals surface area (Å²) in [5.41, 5.74) is 6.61. The molecule has 1 aliphatic heterocycles. The molecule has 4 heteroatoms. The number of H-pyrrole nitrogens is 1. The highest BCUT2D eigenvalue weighted by atomic mass is 16.7. The summed E-state index contributed by atoms with van der Waals surface area (Å²) in [5.74, 6) is 0. The molecule has 0 atom stereocenters. The van der Waals surface area contributed by atoms with Gasteiger partial charge in [0.05, 0.1) is 11.2 Å². The Bertz CT molecular complexity index is 984. The van der Waals surface area contributed by atoms with Gasteiger partial charge in [-0.05, 0) is 71.2 Å². The van der Waals surface area contributed by atoms with Crippen molar-refractivity contribution in [1.82, 2.24) is 4.98 Å². The maximum atomic E-state index is 6.39. The first-order valence-corrected chi connectivity index (χ1v) is 9.00. The van der Waals surface area contributed by atoms with E-state index < -0.39 is 0 Å². The highest BCUT2D eigenvalue weighted by Crippen LogP contribution is 2.38. The van der Waals surface area contributed by atoms with Gasteiger partial charge in [-0.3, -0.25) is 0 Å². The van der Waals surface area contributed by atoms with E-state index in [2.05, 4.69) is 77.7 Å². The fraction of sp³-hybridized carbons (Fsp3) is 0.429. The summed E-state index contributed by atoms with van der Waals surface area (Å²) in [6.07, 6.45) is 0. The number of hydrogen-bond donors (Lipinski definition) is 1. The first-order chi connectivity index (χ1) is 11.6. The van der Waals surface area contributed by atoms with Gasteiger partial charge in [0.15, 0.2) is 0 Å². The van der Waals surface area contributed by atoms with E-state index in [9.17, 15) is 0 Å². The summed E-state index contributed by atoms with van der Waals surface area (Å²) < 4.78 is 12.8. The topological polar surface area (TPSA) is 34.2 Å². The van der Waals surface area contributed by atoms with Crippen molar-refractivity contribution in [2.24, 2.45) is 0 Å². The molecule has 0 saturated carbocycles. The Kier molecular flexibility index (Phi) is 3.42. The molecule has 2 aromatic carbocycles. The van der Waals surface area contributed by atoms with Gasteiger partial charge < -0.3 is 14.3 Å². The minimum atomic E-state index is -0.361. The Morgan fingerprint density at radius 2 is 1.44 bits per heavy atom. The van der Waals surface area contributed by atoms with E-state index in [1.807, 2.05) is 0 Å². The van der Waals surface area contributed by atoms with Gasteiger partial charge in [0, 0.05) is 27.3 Å². The largest absolute Gasteiger partial charge is 0.497 e. The number of aromatic nitrogens is 1. The number of aromatic amines is 1. The Balaban J connectivity index is 2.05. The zero-order chi connectivity index (χ0) is 18.1. The molecule has 1 saturated heterocycles. The van der Waals surface area contributed by atoms with Crippen molar-refractivity contribution >= 4 is 34.4 Å². The van der Waals surface area contributed by atoms with Gasteiger partial charge in [-0.1, -0.05) is 18.2 Å². The monoisotopic (exact) mass is 335 g/mol. The second-order valence-electron chi connectivity index (χ2n) is 8.30. The summed E-state index contributed by atoms with van der Waals surface area (Å²) in [7, 11) is -0.361. The second kappa shape index (κ2) is 5.12. The maximum absolute atomic E-state index is 6.39. The smallest absolute Gasteiger partial charge is 0.399 e. The fourth-order valence-corrected chi connectivity index (χ4v) is 3.85. The van der Waals surface area contributed by atoms with Crippen LogP contribution in [0.5, 0.6) is 0 Å². The minimum absolute atomic E-state index is 0.346. The van der Waals surface area contributed by atoms with Crippen molar-refractivity contribution in [2.45, 2.75) is 59.7 Å². The van der Waals surface area contributed by atoms with Gasteiger partial charge in [0.2, 0.25) is 0 Å². The molecule has 0 bridgehead atoms. The molecule has 3 aromatic rings. The van der Waals surface area contributed by atoms with Crippen LogP contribution in [0.3, 0.4) is 0 Å². The maximum Gasteiger partial charge on any atom is 0.497 e. The van der Waals surface area contributed by atoms with E-state index in [0.717, 1.165) is 16.5 Å². The van der Waals surface area contributed by atoms with E-state index in [-0.39, 0.29) is 18.3 Å². The molecule has 25 heavy (non-hydrogen) atoms. The van der Waals surface area contributed by atoms with Crippen LogP contribution in [0.25, 0.3) is 21.8 Å². The molecule has 1 aromatic heterocycles. The van der Waals surface area contributed by atoms with Crippen molar-refractivity contribution in [2.75, 3.05) is 0 Å². The molecule has 1 fully saturated rings. The number of hydrogen-bond acceptors (Lipinski definition) is 2. The van der Waals surface area contributed by atoms with Gasteiger partial charge in [0.1, 0.15) is 0 Å². The molecule has 2 heterocycles. The van der Waals surface area contributed by atoms with Gasteiger partial charge in [-0.2, -0.15) is 0 Å². The van der Waals surface area contributed by atoms with E-state index in [0.29, 0.717) is 0 Å². The zero-order valence-corrected chi connectivity index (χ0v) is 16.2. The van der Waals surface area contributed by atoms with E-state index in [1.54, 1.807) is 0 Å². The van der Waals surface area contributed by atoms with Crippen LogP contribution in [0.15, 0.2) is 24.3 Å². The Hall–Kier alpha value is -1.78. The van der Waals surface area contributed by atoms with Crippen LogP contribution in [-0.2, 0) is 9.31 Å². The van der Waals surface area contributed by atoms with E-state index in [1.165, 1.54) is 27.5 Å². The number of fused-ring (bicyclic) bond motifs is 3. The quantitative estimate of drug-likeness (QED) is 0.662. The molecule has 0 amide bonds. The number of benzene rings is 2. The average molecular weight is 335 g/mol. The Morgan fingerprint density at radius 1 is 0.840 bits per heavy atom. The van der Waals surface area contributed by atoms with Gasteiger partial charge >= 0.3 is 7.12 Å². The van der Waals surface area contributed by atoms with Crippen molar-refractivity contribution in [3.63, 3.8) is 0 Å². The molecule has 0 unspecified atom stereocenters. The van der Waals surface area contributed by atoms with E-state index >= 15 is 0 Å². The van der Waals surface area contributed by atoms with Crippen LogP contribution < -0.4 is 5.46 Å². The third-order valence-electron chi connectivity index (χ3n) is 6.37. The SMILES string of the molecule is Cc1c(C)c(C)c2c([nH]c3ccccc32)c1B1OC(C)(C)C(C)(C)O1. The summed E-state index contributed by atoms with van der Waals surface area (Å²) in [6.45, 7) is 15.0. The molecule has 1 aliphatic rings. The second-order valence-corrected chi connectivity index (χ2v) is 8.30. The summed E-state index contributed by atoms with van der Waals surface area (Å²) in [4.78, 5) is 3.63. The molecular formula is C21H26BNO2. The minimum Gasteiger partial charge on any atom is -0.399 e. The Labute approximate surface area is 149 Å². The van der Waals surface area contributed by atoms with Crippen molar-refractivity contribution in [3.05, 3.63) is 41.0 Å². The van der Waals surface area contributed by atoms with Gasteiger partial charge in [-0.25, -0.2) is 0 Å². The molecule has 0 radical (unpaired) electrons. The van der Waals surface area contributed by atoms with Crippen molar-refractivity contribution in [1.29, 1.82) is 0 Å². The molecule has 0 aliphatic carbocycles. The third-order valence-corrected chi connectivity index (χ3v) is 6.37. The number of nitrogens with one attached hydrogen (secondary N) is 1. The normalized spacial score (nSPS) is 19.2. The Morgan fingerprint density at radius 3 is 2.08 bits per heavy atom. The van der Waals surface area contributed by atoms with E-state index in [4.69, 9.17) is 9.31 Å². The molecular weight excluding hydrogens is 309 g/mol. The lowest BCUT2D eigenvalue weighted by Gasteiger charge is -2.32. The van der Waals surface area contributed by atoms with Gasteiger partial charge in [0.25, 0.3) is 0 Å². The lowest BCUT2D eigenvalue weighted by molar-refractivity contribution is 0.00578. The molecule has 4 rings (SSSR count). The van der Waals surface area contributed by atoms with Crippen LogP contribution in [0.4, 0.5) is 0 Å². The zero-order valence-electron chi connectivity index (χ0n) is 16.2.